The molecule has 1 saturated heterocycles. The zero-order valence-corrected chi connectivity index (χ0v) is 10.6. The van der Waals surface area contributed by atoms with Crippen LogP contribution in [0.1, 0.15) is 12.8 Å². The summed E-state index contributed by atoms with van der Waals surface area (Å²) in [5.74, 6) is 6.10. The number of rotatable bonds is 3. The van der Waals surface area contributed by atoms with Crippen LogP contribution < -0.4 is 16.2 Å². The summed E-state index contributed by atoms with van der Waals surface area (Å²) in [5.41, 5.74) is 3.79. The van der Waals surface area contributed by atoms with Crippen LogP contribution in [0, 0.1) is 0 Å². The van der Waals surface area contributed by atoms with Crippen molar-refractivity contribution in [2.24, 2.45) is 5.84 Å². The van der Waals surface area contributed by atoms with E-state index in [1.165, 1.54) is 18.5 Å². The minimum Gasteiger partial charge on any atom is -0.370 e. The predicted molar refractivity (Wildman–Crippen MR) is 71.0 cm³/mol. The molecular formula is C12H21N5. The van der Waals surface area contributed by atoms with Gasteiger partial charge in [0.25, 0.3) is 0 Å². The Hall–Kier alpha value is -1.33. The third-order valence-corrected chi connectivity index (χ3v) is 3.38. The highest BCUT2D eigenvalue weighted by Crippen LogP contribution is 2.22. The van der Waals surface area contributed by atoms with Crippen LogP contribution in [0.5, 0.6) is 0 Å². The van der Waals surface area contributed by atoms with Crippen molar-refractivity contribution in [3.8, 4) is 0 Å². The number of hydrogen-bond donors (Lipinski definition) is 2. The molecular weight excluding hydrogens is 214 g/mol. The molecule has 0 spiro atoms. The van der Waals surface area contributed by atoms with Crippen LogP contribution >= 0.6 is 0 Å². The highest BCUT2D eigenvalue weighted by atomic mass is 15.3. The summed E-state index contributed by atoms with van der Waals surface area (Å²) < 4.78 is 0. The molecule has 5 heteroatoms. The number of hydrogen-bond acceptors (Lipinski definition) is 5. The van der Waals surface area contributed by atoms with Gasteiger partial charge in [0.05, 0.1) is 0 Å². The Labute approximate surface area is 103 Å². The first kappa shape index (κ1) is 12.1. The molecule has 94 valence electrons. The van der Waals surface area contributed by atoms with E-state index in [4.69, 9.17) is 5.84 Å². The number of piperidine rings is 1. The molecule has 3 N–H and O–H groups in total. The summed E-state index contributed by atoms with van der Waals surface area (Å²) in [6.07, 6.45) is 4.30. The van der Waals surface area contributed by atoms with Crippen molar-refractivity contribution in [2.45, 2.75) is 18.9 Å². The Morgan fingerprint density at radius 3 is 3.06 bits per heavy atom. The van der Waals surface area contributed by atoms with Gasteiger partial charge < -0.3 is 15.2 Å². The van der Waals surface area contributed by atoms with Crippen LogP contribution in [0.2, 0.25) is 0 Å². The molecule has 1 aliphatic rings. The maximum absolute atomic E-state index is 5.38. The second-order valence-electron chi connectivity index (χ2n) is 4.75. The molecule has 17 heavy (non-hydrogen) atoms. The van der Waals surface area contributed by atoms with Crippen molar-refractivity contribution in [2.75, 3.05) is 37.5 Å². The van der Waals surface area contributed by atoms with Crippen molar-refractivity contribution in [3.63, 3.8) is 0 Å². The number of anilines is 2. The summed E-state index contributed by atoms with van der Waals surface area (Å²) in [4.78, 5) is 8.83. The molecule has 1 unspecified atom stereocenters. The molecule has 1 atom stereocenters. The predicted octanol–water partition coefficient (Wildman–Crippen LogP) is 0.898. The molecule has 0 amide bonds. The average Bonchev–Trinajstić information content (AvgIpc) is 2.39. The van der Waals surface area contributed by atoms with Crippen LogP contribution in [-0.4, -0.2) is 43.1 Å². The van der Waals surface area contributed by atoms with E-state index < -0.39 is 0 Å². The number of pyridine rings is 1. The Morgan fingerprint density at radius 2 is 2.35 bits per heavy atom. The number of nitrogen functional groups attached to an aromatic ring is 1. The third-order valence-electron chi connectivity index (χ3n) is 3.38. The second kappa shape index (κ2) is 5.33. The number of nitrogens with zero attached hydrogens (tertiary/aromatic N) is 3. The summed E-state index contributed by atoms with van der Waals surface area (Å²) in [6, 6.07) is 4.67. The van der Waals surface area contributed by atoms with Gasteiger partial charge in [-0.25, -0.2) is 10.8 Å². The van der Waals surface area contributed by atoms with Crippen LogP contribution in [0.4, 0.5) is 11.5 Å². The van der Waals surface area contributed by atoms with Crippen molar-refractivity contribution >= 4 is 11.5 Å². The molecule has 0 saturated carbocycles. The van der Waals surface area contributed by atoms with Crippen molar-refractivity contribution in [3.05, 3.63) is 18.3 Å². The van der Waals surface area contributed by atoms with Gasteiger partial charge in [-0.2, -0.15) is 0 Å². The standard InChI is InChI=1S/C12H21N5/c1-16(2)11-4-3-7-17(9-11)10-5-6-14-12(8-10)15-13/h5-6,8,11H,3-4,7,9,13H2,1-2H3,(H,14,15). The van der Waals surface area contributed by atoms with Crippen molar-refractivity contribution in [1.82, 2.24) is 9.88 Å². The Bertz CT molecular complexity index is 366. The van der Waals surface area contributed by atoms with E-state index in [1.807, 2.05) is 12.1 Å². The lowest BCUT2D eigenvalue weighted by molar-refractivity contribution is 0.258. The van der Waals surface area contributed by atoms with Crippen molar-refractivity contribution < 1.29 is 0 Å². The Morgan fingerprint density at radius 1 is 1.53 bits per heavy atom. The topological polar surface area (TPSA) is 57.4 Å². The van der Waals surface area contributed by atoms with E-state index in [9.17, 15) is 0 Å². The molecule has 1 aromatic heterocycles. The van der Waals surface area contributed by atoms with Gasteiger partial charge in [0.15, 0.2) is 0 Å². The second-order valence-corrected chi connectivity index (χ2v) is 4.75. The Balaban J connectivity index is 2.10. The third kappa shape index (κ3) is 2.87. The average molecular weight is 235 g/mol. The lowest BCUT2D eigenvalue weighted by Crippen LogP contribution is -2.45. The van der Waals surface area contributed by atoms with E-state index in [0.29, 0.717) is 6.04 Å². The number of aromatic nitrogens is 1. The zero-order valence-electron chi connectivity index (χ0n) is 10.6. The maximum Gasteiger partial charge on any atom is 0.141 e. The van der Waals surface area contributed by atoms with Crippen LogP contribution in [0.15, 0.2) is 18.3 Å². The number of hydrazine groups is 1. The summed E-state index contributed by atoms with van der Waals surface area (Å²) >= 11 is 0. The highest BCUT2D eigenvalue weighted by Gasteiger charge is 2.21. The molecule has 2 heterocycles. The fourth-order valence-corrected chi connectivity index (χ4v) is 2.31. The highest BCUT2D eigenvalue weighted by molar-refractivity contribution is 5.53. The molecule has 0 radical (unpaired) electrons. The summed E-state index contributed by atoms with van der Waals surface area (Å²) in [6.45, 7) is 2.18. The largest absolute Gasteiger partial charge is 0.370 e. The number of likely N-dealkylation sites (N-methyl/N-ethyl adjacent to an activating group) is 1. The Kier molecular flexibility index (Phi) is 3.81. The van der Waals surface area contributed by atoms with E-state index in [0.717, 1.165) is 18.9 Å². The van der Waals surface area contributed by atoms with Gasteiger partial charge in [-0.1, -0.05) is 0 Å². The number of nitrogens with two attached hydrogens (primary N) is 1. The first-order valence-electron chi connectivity index (χ1n) is 6.05. The molecule has 5 nitrogen and oxygen atoms in total. The maximum atomic E-state index is 5.38. The lowest BCUT2D eigenvalue weighted by Gasteiger charge is -2.37. The molecule has 0 aromatic carbocycles. The molecule has 2 rings (SSSR count). The van der Waals surface area contributed by atoms with Crippen LogP contribution in [0.3, 0.4) is 0 Å². The van der Waals surface area contributed by atoms with Crippen LogP contribution in [-0.2, 0) is 0 Å². The van der Waals surface area contributed by atoms with Gasteiger partial charge in [-0.3, -0.25) is 0 Å². The van der Waals surface area contributed by atoms with Gasteiger partial charge in [-0.05, 0) is 33.0 Å². The van der Waals surface area contributed by atoms with Gasteiger partial charge in [-0.15, -0.1) is 0 Å². The van der Waals surface area contributed by atoms with E-state index in [1.54, 1.807) is 6.20 Å². The number of nitrogens with one attached hydrogen (secondary N) is 1. The molecule has 1 aromatic rings. The first-order valence-corrected chi connectivity index (χ1v) is 6.05. The molecule has 1 aliphatic heterocycles. The van der Waals surface area contributed by atoms with Crippen LogP contribution in [0.25, 0.3) is 0 Å². The van der Waals surface area contributed by atoms with Gasteiger partial charge >= 0.3 is 0 Å². The fourth-order valence-electron chi connectivity index (χ4n) is 2.31. The van der Waals surface area contributed by atoms with E-state index in [-0.39, 0.29) is 0 Å². The minimum absolute atomic E-state index is 0.631. The molecule has 0 bridgehead atoms. The summed E-state index contributed by atoms with van der Waals surface area (Å²) in [7, 11) is 4.29. The monoisotopic (exact) mass is 235 g/mol. The van der Waals surface area contributed by atoms with Crippen molar-refractivity contribution in [1.29, 1.82) is 0 Å². The van der Waals surface area contributed by atoms with Gasteiger partial charge in [0.1, 0.15) is 5.82 Å². The quantitative estimate of drug-likeness (QED) is 0.602. The molecule has 0 aliphatic carbocycles. The zero-order chi connectivity index (χ0) is 12.3. The van der Waals surface area contributed by atoms with Gasteiger partial charge in [0.2, 0.25) is 0 Å². The van der Waals surface area contributed by atoms with E-state index >= 15 is 0 Å². The normalized spacial score (nSPS) is 20.7. The molecule has 1 fully saturated rings. The fraction of sp³-hybridized carbons (Fsp3) is 0.583. The lowest BCUT2D eigenvalue weighted by atomic mass is 10.0. The van der Waals surface area contributed by atoms with E-state index in [2.05, 4.69) is 34.3 Å². The summed E-state index contributed by atoms with van der Waals surface area (Å²) in [5, 5.41) is 0. The minimum atomic E-state index is 0.631. The SMILES string of the molecule is CN(C)C1CCCN(c2ccnc(NN)c2)C1. The smallest absolute Gasteiger partial charge is 0.141 e. The first-order chi connectivity index (χ1) is 8.20. The van der Waals surface area contributed by atoms with Gasteiger partial charge in [0, 0.05) is 37.1 Å².